The lowest BCUT2D eigenvalue weighted by Gasteiger charge is -2.29. The van der Waals surface area contributed by atoms with Crippen LogP contribution in [-0.2, 0) is 38.2 Å². The number of benzene rings is 2. The average molecular weight is 663 g/mol. The first-order valence-electron chi connectivity index (χ1n) is 15.6. The van der Waals surface area contributed by atoms with Crippen molar-refractivity contribution in [2.45, 2.75) is 54.4 Å². The molecule has 2 atom stereocenters. The van der Waals surface area contributed by atoms with Gasteiger partial charge in [0.1, 0.15) is 11.8 Å². The van der Waals surface area contributed by atoms with Crippen molar-refractivity contribution in [1.29, 1.82) is 0 Å². The summed E-state index contributed by atoms with van der Waals surface area (Å²) in [5, 5.41) is 13.2. The minimum Gasteiger partial charge on any atom is -0.465 e. The van der Waals surface area contributed by atoms with Crippen LogP contribution < -0.4 is 21.5 Å². The van der Waals surface area contributed by atoms with Gasteiger partial charge in [0.25, 0.3) is 0 Å². The number of carbonyl (C=O) groups excluding carboxylic acids is 6. The van der Waals surface area contributed by atoms with Gasteiger partial charge in [0.15, 0.2) is 0 Å². The van der Waals surface area contributed by atoms with Gasteiger partial charge in [-0.3, -0.25) is 28.8 Å². The second-order valence-corrected chi connectivity index (χ2v) is 12.2. The summed E-state index contributed by atoms with van der Waals surface area (Å²) >= 11 is 0. The van der Waals surface area contributed by atoms with Crippen LogP contribution in [0.2, 0.25) is 0 Å². The number of rotatable bonds is 10. The van der Waals surface area contributed by atoms with Crippen LogP contribution in [0, 0.1) is 37.5 Å². The lowest BCUT2D eigenvalue weighted by Crippen LogP contribution is -2.44. The molecule has 4 N–H and O–H groups in total. The van der Waals surface area contributed by atoms with Crippen molar-refractivity contribution in [3.05, 3.63) is 59.7 Å². The van der Waals surface area contributed by atoms with Crippen LogP contribution in [0.1, 0.15) is 51.7 Å². The Labute approximate surface area is 279 Å². The molecular formula is C34H42N6O8. The molecule has 3 rings (SSSR count). The zero-order chi connectivity index (χ0) is 35.4. The zero-order valence-corrected chi connectivity index (χ0v) is 27.9. The van der Waals surface area contributed by atoms with Crippen LogP contribution >= 0.6 is 0 Å². The molecule has 14 heteroatoms. The van der Waals surface area contributed by atoms with E-state index >= 15 is 0 Å². The summed E-state index contributed by atoms with van der Waals surface area (Å²) in [7, 11) is 0. The highest BCUT2D eigenvalue weighted by Gasteiger charge is 2.42. The molecule has 0 aromatic heterocycles. The summed E-state index contributed by atoms with van der Waals surface area (Å²) in [4.78, 5) is 77.1. The van der Waals surface area contributed by atoms with Gasteiger partial charge in [0, 0.05) is 24.2 Å². The fourth-order valence-electron chi connectivity index (χ4n) is 4.45. The van der Waals surface area contributed by atoms with Gasteiger partial charge in [0.2, 0.25) is 0 Å². The number of amides is 4. The highest BCUT2D eigenvalue weighted by molar-refractivity contribution is 6.40. The molecule has 2 aromatic carbocycles. The minimum absolute atomic E-state index is 0.000667. The summed E-state index contributed by atoms with van der Waals surface area (Å²) in [6.45, 7) is 11.1. The third-order valence-corrected chi connectivity index (χ3v) is 7.12. The van der Waals surface area contributed by atoms with Crippen molar-refractivity contribution in [2.24, 2.45) is 33.9 Å². The van der Waals surface area contributed by atoms with E-state index in [0.29, 0.717) is 11.4 Å². The fraction of sp³-hybridized carbons (Fsp3) is 0.412. The number of esters is 2. The number of hydrogen-bond acceptors (Lipinski definition) is 10. The quantitative estimate of drug-likeness (QED) is 0.169. The van der Waals surface area contributed by atoms with Crippen molar-refractivity contribution < 1.29 is 38.2 Å². The molecule has 0 unspecified atom stereocenters. The lowest BCUT2D eigenvalue weighted by molar-refractivity contribution is -0.149. The average Bonchev–Trinajstić information content (AvgIpc) is 3.05. The highest BCUT2D eigenvalue weighted by atomic mass is 16.5. The van der Waals surface area contributed by atoms with Gasteiger partial charge in [-0.25, -0.2) is 10.9 Å². The molecule has 1 aliphatic rings. The van der Waals surface area contributed by atoms with Gasteiger partial charge in [0.05, 0.1) is 24.6 Å². The molecule has 0 aliphatic heterocycles. The Morgan fingerprint density at radius 2 is 0.979 bits per heavy atom. The minimum atomic E-state index is -1.14. The molecule has 1 fully saturated rings. The van der Waals surface area contributed by atoms with Crippen LogP contribution in [-0.4, -0.2) is 60.2 Å². The summed E-state index contributed by atoms with van der Waals surface area (Å²) in [6, 6.07) is 13.8. The predicted molar refractivity (Wildman–Crippen MR) is 179 cm³/mol. The van der Waals surface area contributed by atoms with Crippen molar-refractivity contribution >= 4 is 58.4 Å². The summed E-state index contributed by atoms with van der Waals surface area (Å²) in [6.07, 6.45) is -0.523. The fourth-order valence-corrected chi connectivity index (χ4v) is 4.45. The Kier molecular flexibility index (Phi) is 13.5. The number of nitrogens with one attached hydrogen (secondary N) is 4. The summed E-state index contributed by atoms with van der Waals surface area (Å²) in [5.41, 5.74) is 6.76. The van der Waals surface area contributed by atoms with Crippen LogP contribution in [0.25, 0.3) is 0 Å². The maximum absolute atomic E-state index is 13.3. The number of carbonyl (C=O) groups is 6. The third kappa shape index (κ3) is 10.9. The van der Waals surface area contributed by atoms with E-state index in [1.165, 1.54) is 0 Å². The monoisotopic (exact) mass is 662 g/mol. The molecule has 0 spiro atoms. The van der Waals surface area contributed by atoms with Crippen molar-refractivity contribution in [2.75, 3.05) is 23.8 Å². The Morgan fingerprint density at radius 3 is 1.31 bits per heavy atom. The van der Waals surface area contributed by atoms with Crippen LogP contribution in [0.5, 0.6) is 0 Å². The van der Waals surface area contributed by atoms with Gasteiger partial charge >= 0.3 is 35.6 Å². The Bertz CT molecular complexity index is 1480. The first-order chi connectivity index (χ1) is 22.8. The first-order valence-corrected chi connectivity index (χ1v) is 15.6. The standard InChI is InChI=1S/C34H42N6O8/c1-19(2)17-47-33(45)23-15-28(38-40-32(44)30(42)36-26-14-10-8-12-22(26)6)24(34(46)48-18-20(3)4)16-27(23)37-39-31(43)29(41)35-25-13-9-7-11-21(25)5/h7-14,19-20,23-24H,15-18H2,1-6H3,(H,35,41)(H,36,42)(H,39,43)(H,40,44)/b37-27-,38-28-/t23-,24+. The molecule has 0 heterocycles. The Morgan fingerprint density at radius 1 is 0.625 bits per heavy atom. The van der Waals surface area contributed by atoms with Crippen LogP contribution in [0.3, 0.4) is 0 Å². The highest BCUT2D eigenvalue weighted by Crippen LogP contribution is 2.28. The van der Waals surface area contributed by atoms with E-state index in [9.17, 15) is 28.8 Å². The largest absolute Gasteiger partial charge is 0.465 e. The first kappa shape index (κ1) is 37.1. The van der Waals surface area contributed by atoms with Crippen molar-refractivity contribution in [3.63, 3.8) is 0 Å². The normalized spacial score (nSPS) is 17.5. The topological polar surface area (TPSA) is 194 Å². The van der Waals surface area contributed by atoms with E-state index in [-0.39, 0.29) is 49.3 Å². The number of ether oxygens (including phenoxy) is 2. The second kappa shape index (κ2) is 17.5. The smallest absolute Gasteiger partial charge is 0.329 e. The number of anilines is 2. The molecule has 48 heavy (non-hydrogen) atoms. The molecule has 4 amide bonds. The van der Waals surface area contributed by atoms with E-state index < -0.39 is 47.4 Å². The van der Waals surface area contributed by atoms with Crippen molar-refractivity contribution in [1.82, 2.24) is 10.9 Å². The molecule has 2 aromatic rings. The molecule has 1 aliphatic carbocycles. The van der Waals surface area contributed by atoms with E-state index in [1.54, 1.807) is 62.4 Å². The number of aryl methyl sites for hydroxylation is 2. The summed E-state index contributed by atoms with van der Waals surface area (Å²) < 4.78 is 10.9. The maximum Gasteiger partial charge on any atom is 0.329 e. The van der Waals surface area contributed by atoms with E-state index in [4.69, 9.17) is 9.47 Å². The molecular weight excluding hydrogens is 620 g/mol. The van der Waals surface area contributed by atoms with E-state index in [1.807, 2.05) is 27.7 Å². The zero-order valence-electron chi connectivity index (χ0n) is 27.9. The molecule has 0 saturated heterocycles. The SMILES string of the molecule is Cc1ccccc1NC(=O)C(=O)N/N=C1/C[C@@H](C(=O)OCC(C)C)/C(=N\NC(=O)C(=O)Nc2ccccc2C)C[C@@H]1C(=O)OCC(C)C. The predicted octanol–water partition coefficient (Wildman–Crippen LogP) is 3.25. The summed E-state index contributed by atoms with van der Waals surface area (Å²) in [5.74, 6) is -7.92. The number of para-hydroxylation sites is 2. The molecule has 0 radical (unpaired) electrons. The van der Waals surface area contributed by atoms with Gasteiger partial charge in [-0.1, -0.05) is 64.1 Å². The van der Waals surface area contributed by atoms with Gasteiger partial charge in [-0.05, 0) is 48.9 Å². The van der Waals surface area contributed by atoms with E-state index in [0.717, 1.165) is 11.1 Å². The number of nitrogens with zero attached hydrogens (tertiary/aromatic N) is 2. The van der Waals surface area contributed by atoms with Gasteiger partial charge < -0.3 is 20.1 Å². The third-order valence-electron chi connectivity index (χ3n) is 7.12. The van der Waals surface area contributed by atoms with Gasteiger partial charge in [-0.15, -0.1) is 0 Å². The van der Waals surface area contributed by atoms with Crippen LogP contribution in [0.4, 0.5) is 11.4 Å². The molecule has 0 bridgehead atoms. The Balaban J connectivity index is 1.88. The maximum atomic E-state index is 13.3. The van der Waals surface area contributed by atoms with Gasteiger partial charge in [-0.2, -0.15) is 10.2 Å². The lowest BCUT2D eigenvalue weighted by atomic mass is 9.78. The number of hydrogen-bond donors (Lipinski definition) is 4. The molecule has 1 saturated carbocycles. The Hall–Kier alpha value is -5.40. The van der Waals surface area contributed by atoms with Crippen LogP contribution in [0.15, 0.2) is 58.7 Å². The number of hydrazone groups is 2. The molecule has 256 valence electrons. The molecule has 14 nitrogen and oxygen atoms in total. The van der Waals surface area contributed by atoms with Crippen molar-refractivity contribution in [3.8, 4) is 0 Å². The second-order valence-electron chi connectivity index (χ2n) is 12.2. The van der Waals surface area contributed by atoms with E-state index in [2.05, 4.69) is 31.7 Å².